The number of anilines is 1. The van der Waals surface area contributed by atoms with E-state index < -0.39 is 0 Å². The average molecular weight is 463 g/mol. The van der Waals surface area contributed by atoms with Gasteiger partial charge in [-0.05, 0) is 39.0 Å². The van der Waals surface area contributed by atoms with Crippen molar-refractivity contribution in [2.45, 2.75) is 59.2 Å². The minimum Gasteiger partial charge on any atom is -0.491 e. The van der Waals surface area contributed by atoms with E-state index in [9.17, 15) is 14.4 Å². The predicted molar refractivity (Wildman–Crippen MR) is 128 cm³/mol. The number of hydrogen-bond donors (Lipinski definition) is 2. The molecule has 3 atom stereocenters. The summed E-state index contributed by atoms with van der Waals surface area (Å²) in [5, 5.41) is 5.52. The molecule has 2 rings (SSSR count). The average Bonchev–Trinajstić information content (AvgIpc) is 2.77. The number of carbonyl (C=O) groups excluding carboxylic acids is 3. The van der Waals surface area contributed by atoms with Crippen LogP contribution in [0.3, 0.4) is 0 Å². The Morgan fingerprint density at radius 1 is 1.24 bits per heavy atom. The number of urea groups is 1. The van der Waals surface area contributed by atoms with E-state index in [0.717, 1.165) is 0 Å². The molecule has 0 fully saturated rings. The minimum absolute atomic E-state index is 0.00910. The highest BCUT2D eigenvalue weighted by atomic mass is 16.5. The van der Waals surface area contributed by atoms with E-state index in [2.05, 4.69) is 10.6 Å². The fourth-order valence-electron chi connectivity index (χ4n) is 3.83. The maximum Gasteiger partial charge on any atom is 0.319 e. The van der Waals surface area contributed by atoms with Gasteiger partial charge in [-0.25, -0.2) is 4.79 Å². The van der Waals surface area contributed by atoms with Crippen LogP contribution >= 0.6 is 0 Å². The molecule has 0 radical (unpaired) electrons. The lowest BCUT2D eigenvalue weighted by Gasteiger charge is -2.36. The van der Waals surface area contributed by atoms with Crippen molar-refractivity contribution in [1.82, 2.24) is 15.1 Å². The third-order valence-electron chi connectivity index (χ3n) is 5.75. The summed E-state index contributed by atoms with van der Waals surface area (Å²) in [6.07, 6.45) is 0.150. The van der Waals surface area contributed by atoms with E-state index >= 15 is 0 Å². The molecule has 0 spiro atoms. The molecule has 1 aromatic rings. The molecule has 1 aromatic carbocycles. The van der Waals surface area contributed by atoms with Gasteiger partial charge in [0, 0.05) is 51.3 Å². The minimum atomic E-state index is -0.351. The molecule has 9 nitrogen and oxygen atoms in total. The summed E-state index contributed by atoms with van der Waals surface area (Å²) in [4.78, 5) is 41.5. The summed E-state index contributed by atoms with van der Waals surface area (Å²) in [6.45, 7) is 10.6. The largest absolute Gasteiger partial charge is 0.491 e. The van der Waals surface area contributed by atoms with Crippen molar-refractivity contribution in [3.05, 3.63) is 23.8 Å². The van der Waals surface area contributed by atoms with Crippen molar-refractivity contribution >= 4 is 23.5 Å². The van der Waals surface area contributed by atoms with E-state index in [1.807, 2.05) is 39.5 Å². The Bertz CT molecular complexity index is 844. The molecule has 1 heterocycles. The molecule has 0 aliphatic carbocycles. The Balaban J connectivity index is 2.41. The fraction of sp³-hybridized carbons (Fsp3) is 0.625. The van der Waals surface area contributed by atoms with Gasteiger partial charge in [0.15, 0.2) is 0 Å². The predicted octanol–water partition coefficient (Wildman–Crippen LogP) is 2.96. The Morgan fingerprint density at radius 3 is 2.55 bits per heavy atom. The standard InChI is InChI=1S/C24H38N4O5/c1-8-22(29)28-12-16(4)21(32-7)13-27(6)23(30)19-11-18(26-24(31)25-15(2)3)9-10-20(19)33-14-17(28)5/h9-11,15-17,21H,8,12-14H2,1-7H3,(H2,25,26,31)/t16-,17+,21-/m0/s1. The van der Waals surface area contributed by atoms with Crippen LogP contribution in [0.5, 0.6) is 5.75 Å². The smallest absolute Gasteiger partial charge is 0.319 e. The van der Waals surface area contributed by atoms with Gasteiger partial charge >= 0.3 is 6.03 Å². The van der Waals surface area contributed by atoms with E-state index in [4.69, 9.17) is 9.47 Å². The highest BCUT2D eigenvalue weighted by Gasteiger charge is 2.30. The third-order valence-corrected chi connectivity index (χ3v) is 5.75. The molecule has 0 saturated heterocycles. The highest BCUT2D eigenvalue weighted by molar-refractivity contribution is 5.99. The number of benzene rings is 1. The highest BCUT2D eigenvalue weighted by Crippen LogP contribution is 2.26. The van der Waals surface area contributed by atoms with Crippen LogP contribution in [0.4, 0.5) is 10.5 Å². The summed E-state index contributed by atoms with van der Waals surface area (Å²) >= 11 is 0. The first-order chi connectivity index (χ1) is 15.6. The lowest BCUT2D eigenvalue weighted by atomic mass is 10.0. The molecule has 184 valence electrons. The zero-order valence-corrected chi connectivity index (χ0v) is 20.8. The van der Waals surface area contributed by atoms with Gasteiger partial charge in [-0.1, -0.05) is 13.8 Å². The molecule has 2 N–H and O–H groups in total. The molecule has 1 aliphatic heterocycles. The van der Waals surface area contributed by atoms with Crippen molar-refractivity contribution in [3.8, 4) is 5.75 Å². The molecule has 33 heavy (non-hydrogen) atoms. The Labute approximate surface area is 196 Å². The van der Waals surface area contributed by atoms with Crippen LogP contribution in [0.1, 0.15) is 51.4 Å². The first-order valence-corrected chi connectivity index (χ1v) is 11.5. The number of ether oxygens (including phenoxy) is 2. The topological polar surface area (TPSA) is 100 Å². The number of nitrogens with zero attached hydrogens (tertiary/aromatic N) is 2. The summed E-state index contributed by atoms with van der Waals surface area (Å²) in [7, 11) is 3.33. The molecule has 1 aliphatic rings. The van der Waals surface area contributed by atoms with Crippen molar-refractivity contribution < 1.29 is 23.9 Å². The second-order valence-electron chi connectivity index (χ2n) is 8.96. The van der Waals surface area contributed by atoms with Gasteiger partial charge < -0.3 is 29.9 Å². The molecule has 0 saturated carbocycles. The van der Waals surface area contributed by atoms with Gasteiger partial charge in [-0.2, -0.15) is 0 Å². The molecule has 0 aromatic heterocycles. The van der Waals surface area contributed by atoms with E-state index in [1.165, 1.54) is 0 Å². The van der Waals surface area contributed by atoms with Crippen LogP contribution in [-0.2, 0) is 9.53 Å². The number of fused-ring (bicyclic) bond motifs is 1. The first kappa shape index (κ1) is 26.4. The maximum atomic E-state index is 13.3. The normalized spacial score (nSPS) is 22.1. The van der Waals surface area contributed by atoms with Crippen molar-refractivity contribution in [1.29, 1.82) is 0 Å². The number of nitrogens with one attached hydrogen (secondary N) is 2. The second kappa shape index (κ2) is 11.9. The summed E-state index contributed by atoms with van der Waals surface area (Å²) in [5.74, 6) is 0.224. The fourth-order valence-corrected chi connectivity index (χ4v) is 3.83. The molecular weight excluding hydrogens is 424 g/mol. The third kappa shape index (κ3) is 7.08. The number of rotatable bonds is 4. The number of methoxy groups -OCH3 is 1. The van der Waals surface area contributed by atoms with Gasteiger partial charge in [0.25, 0.3) is 5.91 Å². The van der Waals surface area contributed by atoms with Crippen molar-refractivity contribution in [2.75, 3.05) is 39.2 Å². The number of likely N-dealkylation sites (N-methyl/N-ethyl adjacent to an activating group) is 1. The molecule has 9 heteroatoms. The molecule has 0 unspecified atom stereocenters. The van der Waals surface area contributed by atoms with Crippen LogP contribution in [0.25, 0.3) is 0 Å². The lowest BCUT2D eigenvalue weighted by molar-refractivity contribution is -0.135. The van der Waals surface area contributed by atoms with Crippen molar-refractivity contribution in [2.24, 2.45) is 5.92 Å². The quantitative estimate of drug-likeness (QED) is 0.717. The van der Waals surface area contributed by atoms with Gasteiger partial charge in [0.05, 0.1) is 17.7 Å². The second-order valence-corrected chi connectivity index (χ2v) is 8.96. The Kier molecular flexibility index (Phi) is 9.52. The monoisotopic (exact) mass is 462 g/mol. The van der Waals surface area contributed by atoms with E-state index in [0.29, 0.717) is 36.5 Å². The maximum absolute atomic E-state index is 13.3. The van der Waals surface area contributed by atoms with E-state index in [1.54, 1.807) is 37.3 Å². The molecular formula is C24H38N4O5. The SMILES string of the molecule is CCC(=O)N1C[C@H](C)[C@@H](OC)CN(C)C(=O)c2cc(NC(=O)NC(C)C)ccc2OC[C@H]1C. The van der Waals surface area contributed by atoms with Crippen LogP contribution in [0.15, 0.2) is 18.2 Å². The number of carbonyl (C=O) groups is 3. The van der Waals surface area contributed by atoms with Gasteiger partial charge in [0.1, 0.15) is 12.4 Å². The Morgan fingerprint density at radius 2 is 1.94 bits per heavy atom. The van der Waals surface area contributed by atoms with Crippen molar-refractivity contribution in [3.63, 3.8) is 0 Å². The number of amides is 4. The first-order valence-electron chi connectivity index (χ1n) is 11.5. The molecule has 0 bridgehead atoms. The summed E-state index contributed by atoms with van der Waals surface area (Å²) in [6, 6.07) is 4.42. The molecule has 4 amide bonds. The van der Waals surface area contributed by atoms with Gasteiger partial charge in [-0.3, -0.25) is 9.59 Å². The summed E-state index contributed by atoms with van der Waals surface area (Å²) < 4.78 is 11.7. The van der Waals surface area contributed by atoms with Crippen LogP contribution in [-0.4, -0.2) is 79.7 Å². The Hall–Kier alpha value is -2.81. The van der Waals surface area contributed by atoms with Crippen LogP contribution in [0, 0.1) is 5.92 Å². The summed E-state index contributed by atoms with van der Waals surface area (Å²) in [5.41, 5.74) is 0.820. The van der Waals surface area contributed by atoms with Crippen LogP contribution in [0.2, 0.25) is 0 Å². The van der Waals surface area contributed by atoms with Gasteiger partial charge in [0.2, 0.25) is 5.91 Å². The zero-order valence-electron chi connectivity index (χ0n) is 20.8. The lowest BCUT2D eigenvalue weighted by Crippen LogP contribution is -2.48. The zero-order chi connectivity index (χ0) is 24.7. The van der Waals surface area contributed by atoms with Gasteiger partial charge in [-0.15, -0.1) is 0 Å². The van der Waals surface area contributed by atoms with Crippen LogP contribution < -0.4 is 15.4 Å². The number of hydrogen-bond acceptors (Lipinski definition) is 5. The van der Waals surface area contributed by atoms with E-state index in [-0.39, 0.29) is 48.6 Å².